The Labute approximate surface area is 239 Å². The zero-order valence-corrected chi connectivity index (χ0v) is 23.1. The highest BCUT2D eigenvalue weighted by Crippen LogP contribution is 2.39. The lowest BCUT2D eigenvalue weighted by Gasteiger charge is -2.53. The largest absolute Gasteiger partial charge is 0.474 e. The molecule has 1 aliphatic heterocycles. The first-order chi connectivity index (χ1) is 19.9. The summed E-state index contributed by atoms with van der Waals surface area (Å²) in [6, 6.07) is 5.78. The molecule has 0 atom stereocenters. The number of hydrogen-bond donors (Lipinski definition) is 2. The third-order valence-corrected chi connectivity index (χ3v) is 8.13. The van der Waals surface area contributed by atoms with E-state index in [0.29, 0.717) is 32.4 Å². The first kappa shape index (κ1) is 28.0. The van der Waals surface area contributed by atoms with Crippen molar-refractivity contribution in [2.45, 2.75) is 75.4 Å². The molecule has 0 radical (unpaired) electrons. The molecule has 4 aromatic heterocycles. The number of likely N-dealkylation sites (tertiary alicyclic amines) is 1. The van der Waals surface area contributed by atoms with Crippen molar-refractivity contribution in [3.05, 3.63) is 48.6 Å². The summed E-state index contributed by atoms with van der Waals surface area (Å²) in [4.78, 5) is 21.2. The van der Waals surface area contributed by atoms with Gasteiger partial charge in [-0.2, -0.15) is 28.5 Å². The van der Waals surface area contributed by atoms with Gasteiger partial charge in [-0.15, -0.1) is 0 Å². The van der Waals surface area contributed by atoms with Crippen LogP contribution in [0.5, 0.6) is 5.88 Å². The molecule has 0 amide bonds. The van der Waals surface area contributed by atoms with Crippen molar-refractivity contribution in [2.75, 3.05) is 13.1 Å². The molecule has 2 fully saturated rings. The molecule has 220 valence electrons. The van der Waals surface area contributed by atoms with E-state index in [0.717, 1.165) is 35.1 Å². The molecule has 0 aromatic carbocycles. The highest BCUT2D eigenvalue weighted by atomic mass is 19.4. The van der Waals surface area contributed by atoms with E-state index in [1.807, 2.05) is 23.1 Å². The van der Waals surface area contributed by atoms with E-state index in [4.69, 9.17) is 4.74 Å². The monoisotopic (exact) mass is 581 g/mol. The fourth-order valence-corrected chi connectivity index (χ4v) is 5.88. The number of fused-ring (bicyclic) bond motifs is 1. The molecular weight excluding hydrogens is 551 g/mol. The number of aliphatic hydroxyl groups is 1. The quantitative estimate of drug-likeness (QED) is 0.329. The molecule has 2 aliphatic rings. The minimum Gasteiger partial charge on any atom is -0.474 e. The van der Waals surface area contributed by atoms with E-state index in [1.165, 1.54) is 26.2 Å². The Kier molecular flexibility index (Phi) is 6.89. The van der Waals surface area contributed by atoms with E-state index in [1.54, 1.807) is 6.20 Å². The number of nitrogens with one attached hydrogen (secondary N) is 1. The van der Waals surface area contributed by atoms with Crippen LogP contribution in [-0.4, -0.2) is 69.9 Å². The summed E-state index contributed by atoms with van der Waals surface area (Å²) in [5.74, 6) is -1.52. The van der Waals surface area contributed by atoms with Crippen molar-refractivity contribution in [3.8, 4) is 23.2 Å². The van der Waals surface area contributed by atoms with Gasteiger partial charge in [-0.1, -0.05) is 0 Å². The van der Waals surface area contributed by atoms with Crippen molar-refractivity contribution in [1.29, 1.82) is 5.26 Å². The third kappa shape index (κ3) is 5.30. The lowest BCUT2D eigenvalue weighted by Crippen LogP contribution is -2.65. The van der Waals surface area contributed by atoms with Gasteiger partial charge >= 0.3 is 6.18 Å². The summed E-state index contributed by atoms with van der Waals surface area (Å²) in [6.07, 6.45) is 5.13. The van der Waals surface area contributed by atoms with Crippen LogP contribution < -0.4 is 4.74 Å². The Morgan fingerprint density at radius 3 is 2.62 bits per heavy atom. The molecule has 11 nitrogen and oxygen atoms in total. The van der Waals surface area contributed by atoms with Gasteiger partial charge in [-0.05, 0) is 45.6 Å². The fourth-order valence-electron chi connectivity index (χ4n) is 5.88. The van der Waals surface area contributed by atoms with E-state index in [2.05, 4.69) is 41.0 Å². The molecular formula is C28H30F3N9O2. The maximum absolute atomic E-state index is 13.4. The van der Waals surface area contributed by atoms with Gasteiger partial charge in [0.05, 0.1) is 30.1 Å². The summed E-state index contributed by atoms with van der Waals surface area (Å²) in [7, 11) is 0. The van der Waals surface area contributed by atoms with Crippen LogP contribution in [0.25, 0.3) is 22.3 Å². The second-order valence-corrected chi connectivity index (χ2v) is 11.6. The SMILES string of the molecule is CC(C)(O)c1cc(OC2CCC(N3CC(CC#N)(n4cc(-c5ncnc6[nH]ccc56)cn4)C3)CC2)nc(C(F)(F)F)n1. The lowest BCUT2D eigenvalue weighted by molar-refractivity contribution is -0.145. The molecule has 0 spiro atoms. The number of nitriles is 1. The van der Waals surface area contributed by atoms with Crippen LogP contribution in [-0.2, 0) is 17.3 Å². The first-order valence-corrected chi connectivity index (χ1v) is 13.8. The Morgan fingerprint density at radius 1 is 1.17 bits per heavy atom. The number of ether oxygens (including phenoxy) is 1. The first-order valence-electron chi connectivity index (χ1n) is 13.8. The van der Waals surface area contributed by atoms with Crippen LogP contribution >= 0.6 is 0 Å². The summed E-state index contributed by atoms with van der Waals surface area (Å²) in [5, 5.41) is 25.4. The van der Waals surface area contributed by atoms with Crippen LogP contribution in [0.15, 0.2) is 37.1 Å². The second kappa shape index (κ2) is 10.3. The molecule has 0 bridgehead atoms. The van der Waals surface area contributed by atoms with Crippen molar-refractivity contribution < 1.29 is 23.0 Å². The number of aromatic amines is 1. The van der Waals surface area contributed by atoms with Gasteiger partial charge < -0.3 is 14.8 Å². The van der Waals surface area contributed by atoms with E-state index >= 15 is 0 Å². The molecule has 1 aliphatic carbocycles. The highest BCUT2D eigenvalue weighted by Gasteiger charge is 2.48. The topological polar surface area (TPSA) is 142 Å². The minimum absolute atomic E-state index is 0.151. The fraction of sp³-hybridized carbons (Fsp3) is 0.500. The molecule has 5 heterocycles. The predicted molar refractivity (Wildman–Crippen MR) is 144 cm³/mol. The smallest absolute Gasteiger partial charge is 0.451 e. The number of aromatic nitrogens is 7. The molecule has 0 unspecified atom stereocenters. The normalized spacial score (nSPS) is 21.2. The second-order valence-electron chi connectivity index (χ2n) is 11.6. The van der Waals surface area contributed by atoms with E-state index in [9.17, 15) is 23.5 Å². The maximum Gasteiger partial charge on any atom is 0.451 e. The van der Waals surface area contributed by atoms with Gasteiger partial charge in [0.25, 0.3) is 0 Å². The Morgan fingerprint density at radius 2 is 1.93 bits per heavy atom. The Hall–Kier alpha value is -4.09. The third-order valence-electron chi connectivity index (χ3n) is 8.13. The van der Waals surface area contributed by atoms with Gasteiger partial charge in [0.1, 0.15) is 29.2 Å². The molecule has 4 aromatic rings. The average Bonchev–Trinajstić information content (AvgIpc) is 3.60. The number of rotatable bonds is 7. The summed E-state index contributed by atoms with van der Waals surface area (Å²) in [5.41, 5.74) is 0.183. The van der Waals surface area contributed by atoms with Crippen molar-refractivity contribution in [2.24, 2.45) is 0 Å². The highest BCUT2D eigenvalue weighted by molar-refractivity contribution is 5.90. The number of halogens is 3. The van der Waals surface area contributed by atoms with Gasteiger partial charge in [0.2, 0.25) is 11.7 Å². The predicted octanol–water partition coefficient (Wildman–Crippen LogP) is 4.17. The summed E-state index contributed by atoms with van der Waals surface area (Å²) < 4.78 is 47.9. The van der Waals surface area contributed by atoms with Crippen LogP contribution in [0.2, 0.25) is 0 Å². The van der Waals surface area contributed by atoms with Crippen molar-refractivity contribution >= 4 is 11.0 Å². The Bertz CT molecular complexity index is 1590. The summed E-state index contributed by atoms with van der Waals surface area (Å²) >= 11 is 0. The molecule has 1 saturated carbocycles. The zero-order chi connectivity index (χ0) is 29.7. The van der Waals surface area contributed by atoms with Crippen LogP contribution in [0, 0.1) is 11.3 Å². The van der Waals surface area contributed by atoms with Crippen LogP contribution in [0.3, 0.4) is 0 Å². The number of alkyl halides is 3. The maximum atomic E-state index is 13.4. The number of nitrogens with zero attached hydrogens (tertiary/aromatic N) is 8. The molecule has 2 N–H and O–H groups in total. The molecule has 6 rings (SSSR count). The molecule has 42 heavy (non-hydrogen) atoms. The van der Waals surface area contributed by atoms with Crippen molar-refractivity contribution in [1.82, 2.24) is 39.6 Å². The number of H-pyrrole nitrogens is 1. The standard InChI is InChI=1S/C28H30F3N9O2/c1-26(2,41)21-11-22(38-25(37-21)28(29,30)31)42-19-5-3-18(4-6-19)39-14-27(15-39,8-9-32)40-13-17(12-36-40)23-20-7-10-33-24(20)35-16-34-23/h7,10-13,16,18-19,41H,3-6,8,14-15H2,1-2H3,(H,33,34,35). The minimum atomic E-state index is -4.76. The lowest BCUT2D eigenvalue weighted by atomic mass is 9.82. The summed E-state index contributed by atoms with van der Waals surface area (Å²) in [6.45, 7) is 4.06. The zero-order valence-electron chi connectivity index (χ0n) is 23.1. The Balaban J connectivity index is 1.10. The van der Waals surface area contributed by atoms with Gasteiger partial charge in [-0.25, -0.2) is 15.0 Å². The number of hydrogen-bond acceptors (Lipinski definition) is 9. The average molecular weight is 582 g/mol. The van der Waals surface area contributed by atoms with Crippen LogP contribution in [0.1, 0.15) is 57.5 Å². The van der Waals surface area contributed by atoms with Gasteiger partial charge in [-0.3, -0.25) is 9.58 Å². The van der Waals surface area contributed by atoms with Gasteiger partial charge in [0, 0.05) is 48.5 Å². The van der Waals surface area contributed by atoms with E-state index in [-0.39, 0.29) is 23.7 Å². The molecule has 1 saturated heterocycles. The van der Waals surface area contributed by atoms with Crippen LogP contribution in [0.4, 0.5) is 13.2 Å². The molecule has 14 heteroatoms. The van der Waals surface area contributed by atoms with E-state index < -0.39 is 23.1 Å². The van der Waals surface area contributed by atoms with Crippen molar-refractivity contribution in [3.63, 3.8) is 0 Å². The van der Waals surface area contributed by atoms with Gasteiger partial charge in [0.15, 0.2) is 0 Å².